The van der Waals surface area contributed by atoms with Gasteiger partial charge < -0.3 is 5.21 Å². The Morgan fingerprint density at radius 1 is 1.30 bits per heavy atom. The number of azide groups is 1. The minimum Gasteiger partial charge on any atom is -0.688 e. The molecule has 1 aromatic heterocycles. The van der Waals surface area contributed by atoms with Gasteiger partial charge in [-0.3, -0.25) is 9.95 Å². The SMILES string of the molecule is CC(C)(C)N=[N+]([O-])c1nc(NNc2ccccc2N=[N+]=[N-])no1. The first-order chi connectivity index (χ1) is 10.9. The summed E-state index contributed by atoms with van der Waals surface area (Å²) in [5, 5.41) is 22.7. The number of aromatic nitrogens is 2. The highest BCUT2D eigenvalue weighted by atomic mass is 16.6. The van der Waals surface area contributed by atoms with Crippen molar-refractivity contribution in [2.75, 3.05) is 10.9 Å². The van der Waals surface area contributed by atoms with Gasteiger partial charge in [0.1, 0.15) is 0 Å². The topological polar surface area (TPSA) is 150 Å². The Balaban J connectivity index is 2.09. The molecule has 2 aromatic rings. The first-order valence-corrected chi connectivity index (χ1v) is 6.59. The van der Waals surface area contributed by atoms with E-state index in [1.807, 2.05) is 0 Å². The van der Waals surface area contributed by atoms with E-state index < -0.39 is 5.54 Å². The molecule has 11 heteroatoms. The fourth-order valence-corrected chi connectivity index (χ4v) is 1.50. The molecule has 0 amide bonds. The molecule has 0 saturated carbocycles. The summed E-state index contributed by atoms with van der Waals surface area (Å²) in [4.78, 5) is 6.85. The van der Waals surface area contributed by atoms with Crippen molar-refractivity contribution in [3.8, 4) is 0 Å². The Bertz CT molecular complexity index is 756. The summed E-state index contributed by atoms with van der Waals surface area (Å²) in [5.41, 5.74) is 14.2. The molecule has 23 heavy (non-hydrogen) atoms. The summed E-state index contributed by atoms with van der Waals surface area (Å²) in [6.07, 6.45) is 0. The van der Waals surface area contributed by atoms with Crippen molar-refractivity contribution in [2.24, 2.45) is 10.2 Å². The van der Waals surface area contributed by atoms with Crippen LogP contribution in [0.15, 0.2) is 39.0 Å². The second-order valence-corrected chi connectivity index (χ2v) is 5.40. The van der Waals surface area contributed by atoms with Crippen LogP contribution >= 0.6 is 0 Å². The fraction of sp³-hybridized carbons (Fsp3) is 0.333. The summed E-state index contributed by atoms with van der Waals surface area (Å²) < 4.78 is 4.81. The Hall–Kier alpha value is -3.33. The van der Waals surface area contributed by atoms with Crippen LogP contribution in [0.3, 0.4) is 0 Å². The van der Waals surface area contributed by atoms with Crippen molar-refractivity contribution in [1.29, 1.82) is 0 Å². The van der Waals surface area contributed by atoms with Gasteiger partial charge in [0.2, 0.25) is 0 Å². The van der Waals surface area contributed by atoms with Crippen LogP contribution in [0.25, 0.3) is 10.4 Å². The number of nitrogens with zero attached hydrogens (tertiary/aromatic N) is 7. The second-order valence-electron chi connectivity index (χ2n) is 5.40. The van der Waals surface area contributed by atoms with Crippen LogP contribution in [0.2, 0.25) is 0 Å². The van der Waals surface area contributed by atoms with E-state index in [1.165, 1.54) is 0 Å². The molecule has 0 fully saturated rings. The van der Waals surface area contributed by atoms with Crippen LogP contribution in [0.4, 0.5) is 23.3 Å². The number of anilines is 2. The Kier molecular flexibility index (Phi) is 4.62. The standard InChI is InChI=1S/C12H15N9O2/c1-12(2,3)19-21(22)11-14-10(18-23-11)17-15-8-6-4-5-7-9(8)16-20-13/h4-7,15H,1-3H3,(H,17,18). The monoisotopic (exact) mass is 317 g/mol. The number of para-hydroxylation sites is 1. The smallest absolute Gasteiger partial charge is 0.553 e. The van der Waals surface area contributed by atoms with E-state index in [1.54, 1.807) is 45.0 Å². The lowest BCUT2D eigenvalue weighted by molar-refractivity contribution is -0.469. The maximum Gasteiger partial charge on any atom is 0.553 e. The number of azo groups is 1. The van der Waals surface area contributed by atoms with Gasteiger partial charge in [0.25, 0.3) is 0 Å². The van der Waals surface area contributed by atoms with Crippen molar-refractivity contribution >= 4 is 23.3 Å². The normalized spacial score (nSPS) is 11.7. The fourth-order valence-electron chi connectivity index (χ4n) is 1.50. The average Bonchev–Trinajstić information content (AvgIpc) is 2.94. The van der Waals surface area contributed by atoms with Gasteiger partial charge in [0, 0.05) is 9.90 Å². The first kappa shape index (κ1) is 16.0. The molecule has 120 valence electrons. The highest BCUT2D eigenvalue weighted by Gasteiger charge is 2.20. The molecule has 0 saturated heterocycles. The molecule has 0 bridgehead atoms. The van der Waals surface area contributed by atoms with Gasteiger partial charge in [-0.15, -0.1) is 5.11 Å². The quantitative estimate of drug-likeness (QED) is 0.281. The zero-order valence-corrected chi connectivity index (χ0v) is 12.8. The second kappa shape index (κ2) is 6.62. The number of rotatable bonds is 5. The van der Waals surface area contributed by atoms with E-state index in [0.717, 1.165) is 0 Å². The molecule has 1 heterocycles. The molecule has 0 unspecified atom stereocenters. The third-order valence-corrected chi connectivity index (χ3v) is 2.34. The summed E-state index contributed by atoms with van der Waals surface area (Å²) in [7, 11) is 0. The lowest BCUT2D eigenvalue weighted by Crippen LogP contribution is -2.13. The van der Waals surface area contributed by atoms with Crippen molar-refractivity contribution in [3.63, 3.8) is 0 Å². The minimum atomic E-state index is -0.573. The number of hydrazine groups is 1. The molecule has 0 radical (unpaired) electrons. The zero-order valence-electron chi connectivity index (χ0n) is 12.8. The van der Waals surface area contributed by atoms with E-state index in [-0.39, 0.29) is 16.8 Å². The summed E-state index contributed by atoms with van der Waals surface area (Å²) in [6, 6.07) is 6.50. The summed E-state index contributed by atoms with van der Waals surface area (Å²) >= 11 is 0. The van der Waals surface area contributed by atoms with Gasteiger partial charge in [-0.05, 0) is 37.5 Å². The number of hydrogen-bond acceptors (Lipinski definition) is 8. The average molecular weight is 317 g/mol. The molecule has 0 atom stereocenters. The molecule has 0 spiro atoms. The van der Waals surface area contributed by atoms with E-state index in [0.29, 0.717) is 11.4 Å². The third-order valence-electron chi connectivity index (χ3n) is 2.34. The predicted molar refractivity (Wildman–Crippen MR) is 82.3 cm³/mol. The van der Waals surface area contributed by atoms with Crippen molar-refractivity contribution in [3.05, 3.63) is 39.9 Å². The lowest BCUT2D eigenvalue weighted by atomic mass is 10.1. The van der Waals surface area contributed by atoms with Gasteiger partial charge in [-0.25, -0.2) is 5.43 Å². The predicted octanol–water partition coefficient (Wildman–Crippen LogP) is 3.84. The largest absolute Gasteiger partial charge is 0.688 e. The van der Waals surface area contributed by atoms with Crippen LogP contribution in [-0.4, -0.2) is 20.5 Å². The maximum atomic E-state index is 11.7. The van der Waals surface area contributed by atoms with E-state index >= 15 is 0 Å². The van der Waals surface area contributed by atoms with Gasteiger partial charge in [0.05, 0.1) is 16.9 Å². The number of nitrogens with one attached hydrogen (secondary N) is 2. The lowest BCUT2D eigenvalue weighted by Gasteiger charge is -2.10. The van der Waals surface area contributed by atoms with Gasteiger partial charge in [-0.1, -0.05) is 28.2 Å². The molecular formula is C12H15N9O2. The van der Waals surface area contributed by atoms with Gasteiger partial charge in [-0.2, -0.15) is 0 Å². The molecule has 0 aliphatic heterocycles. The van der Waals surface area contributed by atoms with Crippen LogP contribution in [0.1, 0.15) is 20.8 Å². The summed E-state index contributed by atoms with van der Waals surface area (Å²) in [5.74, 6) is 0.0284. The summed E-state index contributed by atoms with van der Waals surface area (Å²) in [6.45, 7) is 5.30. The number of hydrogen-bond donors (Lipinski definition) is 2. The Morgan fingerprint density at radius 2 is 2.04 bits per heavy atom. The Labute approximate surface area is 131 Å². The van der Waals surface area contributed by atoms with Crippen LogP contribution in [0, 0.1) is 5.21 Å². The number of benzene rings is 1. The van der Waals surface area contributed by atoms with Crippen molar-refractivity contribution < 1.29 is 9.38 Å². The van der Waals surface area contributed by atoms with Crippen LogP contribution in [-0.2, 0) is 0 Å². The molecule has 0 aliphatic rings. The molecule has 2 rings (SSSR count). The minimum absolute atomic E-state index is 0.0284. The molecular weight excluding hydrogens is 302 g/mol. The third kappa shape index (κ3) is 4.58. The molecule has 2 N–H and O–H groups in total. The van der Waals surface area contributed by atoms with Gasteiger partial charge in [0.15, 0.2) is 0 Å². The van der Waals surface area contributed by atoms with Crippen LogP contribution in [0.5, 0.6) is 0 Å². The van der Waals surface area contributed by atoms with Crippen LogP contribution < -0.4 is 10.9 Å². The molecule has 11 nitrogen and oxygen atoms in total. The van der Waals surface area contributed by atoms with E-state index in [9.17, 15) is 5.21 Å². The Morgan fingerprint density at radius 3 is 2.74 bits per heavy atom. The maximum absolute atomic E-state index is 11.7. The van der Waals surface area contributed by atoms with E-state index in [2.05, 4.69) is 36.1 Å². The first-order valence-electron chi connectivity index (χ1n) is 6.59. The highest BCUT2D eigenvalue weighted by Crippen LogP contribution is 2.24. The van der Waals surface area contributed by atoms with Crippen molar-refractivity contribution in [2.45, 2.75) is 26.3 Å². The van der Waals surface area contributed by atoms with Gasteiger partial charge >= 0.3 is 12.0 Å². The zero-order chi connectivity index (χ0) is 16.9. The molecule has 0 aliphatic carbocycles. The van der Waals surface area contributed by atoms with E-state index in [4.69, 9.17) is 10.1 Å². The highest BCUT2D eigenvalue weighted by molar-refractivity contribution is 5.66. The molecule has 1 aromatic carbocycles. The van der Waals surface area contributed by atoms with Crippen molar-refractivity contribution in [1.82, 2.24) is 10.1 Å².